The zero-order chi connectivity index (χ0) is 10.4. The van der Waals surface area contributed by atoms with Crippen LogP contribution in [-0.4, -0.2) is 47.3 Å². The van der Waals surface area contributed by atoms with E-state index >= 15 is 0 Å². The first-order chi connectivity index (χ1) is 6.00. The summed E-state index contributed by atoms with van der Waals surface area (Å²) in [6.45, 7) is 0.354. The van der Waals surface area contributed by atoms with Crippen LogP contribution in [0, 0.1) is 0 Å². The summed E-state index contributed by atoms with van der Waals surface area (Å²) in [5.41, 5.74) is 9.71. The molecule has 7 N–H and O–H groups in total. The van der Waals surface area contributed by atoms with Crippen molar-refractivity contribution in [1.82, 2.24) is 5.32 Å². The van der Waals surface area contributed by atoms with Gasteiger partial charge in [-0.15, -0.1) is 0 Å². The zero-order valence-corrected chi connectivity index (χ0v) is 6.93. The van der Waals surface area contributed by atoms with E-state index in [0.29, 0.717) is 0 Å². The highest BCUT2D eigenvalue weighted by molar-refractivity contribution is 5.89. The fourth-order valence-corrected chi connectivity index (χ4v) is 0.599. The zero-order valence-electron chi connectivity index (χ0n) is 6.93. The molecular formula is C6H13N3O4. The van der Waals surface area contributed by atoms with Gasteiger partial charge in [0.05, 0.1) is 0 Å². The number of primary amides is 1. The number of carbonyl (C=O) groups excluding carboxylic acids is 2. The van der Waals surface area contributed by atoms with Crippen LogP contribution in [0.3, 0.4) is 0 Å². The van der Waals surface area contributed by atoms with Crippen molar-refractivity contribution >= 4 is 11.8 Å². The minimum Gasteiger partial charge on any atom is -0.380 e. The predicted octanol–water partition coefficient (Wildman–Crippen LogP) is -3.73. The van der Waals surface area contributed by atoms with Gasteiger partial charge in [0.25, 0.3) is 5.91 Å². The van der Waals surface area contributed by atoms with Gasteiger partial charge in [-0.3, -0.25) is 9.59 Å². The number of rotatable bonds is 5. The number of aliphatic hydroxyl groups is 2. The smallest absolute Gasteiger partial charge is 0.252 e. The van der Waals surface area contributed by atoms with Crippen molar-refractivity contribution in [3.05, 3.63) is 0 Å². The molecule has 2 amide bonds. The lowest BCUT2D eigenvalue weighted by Gasteiger charge is -2.13. The largest absolute Gasteiger partial charge is 0.380 e. The Morgan fingerprint density at radius 1 is 1.31 bits per heavy atom. The molecule has 0 saturated carbocycles. The molecule has 0 aliphatic rings. The lowest BCUT2D eigenvalue weighted by molar-refractivity contribution is -0.144. The maximum absolute atomic E-state index is 10.9. The van der Waals surface area contributed by atoms with Crippen molar-refractivity contribution in [3.63, 3.8) is 0 Å². The average molecular weight is 191 g/mol. The summed E-state index contributed by atoms with van der Waals surface area (Å²) in [5.74, 6) is -2.04. The Morgan fingerprint density at radius 2 is 1.85 bits per heavy atom. The van der Waals surface area contributed by atoms with Gasteiger partial charge < -0.3 is 27.0 Å². The minimum atomic E-state index is -1.89. The van der Waals surface area contributed by atoms with E-state index in [-0.39, 0.29) is 13.1 Å². The van der Waals surface area contributed by atoms with Crippen LogP contribution in [-0.2, 0) is 9.59 Å². The summed E-state index contributed by atoms with van der Waals surface area (Å²) in [4.78, 5) is 21.2. The van der Waals surface area contributed by atoms with Gasteiger partial charge in [-0.2, -0.15) is 0 Å². The van der Waals surface area contributed by atoms with E-state index < -0.39 is 24.0 Å². The standard InChI is InChI=1S/C6H13N3O4/c7-1-2-9-6(13)4(11)3(10)5(8)12/h3-4,10-11H,1-2,7H2,(H2,8,12)(H,9,13). The molecule has 0 spiro atoms. The SMILES string of the molecule is NCCNC(=O)C(O)C(O)C(N)=O. The molecule has 7 heteroatoms. The molecule has 0 aliphatic carbocycles. The van der Waals surface area contributed by atoms with Gasteiger partial charge >= 0.3 is 0 Å². The first-order valence-electron chi connectivity index (χ1n) is 3.64. The highest BCUT2D eigenvalue weighted by Gasteiger charge is 2.27. The fourth-order valence-electron chi connectivity index (χ4n) is 0.599. The van der Waals surface area contributed by atoms with Crippen LogP contribution in [0.1, 0.15) is 0 Å². The van der Waals surface area contributed by atoms with Crippen LogP contribution in [0.5, 0.6) is 0 Å². The second-order valence-electron chi connectivity index (χ2n) is 2.37. The third-order valence-corrected chi connectivity index (χ3v) is 1.30. The van der Waals surface area contributed by atoms with E-state index in [0.717, 1.165) is 0 Å². The van der Waals surface area contributed by atoms with Crippen LogP contribution < -0.4 is 16.8 Å². The molecule has 0 fully saturated rings. The fraction of sp³-hybridized carbons (Fsp3) is 0.667. The molecular weight excluding hydrogens is 178 g/mol. The predicted molar refractivity (Wildman–Crippen MR) is 43.3 cm³/mol. The van der Waals surface area contributed by atoms with Gasteiger partial charge in [0.15, 0.2) is 12.2 Å². The van der Waals surface area contributed by atoms with E-state index in [9.17, 15) is 9.59 Å². The first-order valence-corrected chi connectivity index (χ1v) is 3.64. The van der Waals surface area contributed by atoms with Crippen LogP contribution in [0.2, 0.25) is 0 Å². The molecule has 0 aromatic heterocycles. The highest BCUT2D eigenvalue weighted by Crippen LogP contribution is 1.92. The Balaban J connectivity index is 4.01. The molecule has 0 aromatic rings. The number of carbonyl (C=O) groups is 2. The molecule has 0 radical (unpaired) electrons. The topological polar surface area (TPSA) is 139 Å². The van der Waals surface area contributed by atoms with Crippen molar-refractivity contribution in [1.29, 1.82) is 0 Å². The molecule has 13 heavy (non-hydrogen) atoms. The molecule has 0 rings (SSSR count). The van der Waals surface area contributed by atoms with Crippen LogP contribution in [0.4, 0.5) is 0 Å². The normalized spacial score (nSPS) is 14.7. The Bertz CT molecular complexity index is 196. The Kier molecular flexibility index (Phi) is 4.97. The van der Waals surface area contributed by atoms with E-state index in [2.05, 4.69) is 11.1 Å². The third-order valence-electron chi connectivity index (χ3n) is 1.30. The highest BCUT2D eigenvalue weighted by atomic mass is 16.3. The van der Waals surface area contributed by atoms with Gasteiger partial charge in [0.1, 0.15) is 0 Å². The molecule has 2 unspecified atom stereocenters. The second-order valence-corrected chi connectivity index (χ2v) is 2.37. The number of hydrogen-bond donors (Lipinski definition) is 5. The molecule has 0 saturated heterocycles. The maximum atomic E-state index is 10.9. The molecule has 0 bridgehead atoms. The molecule has 0 aliphatic heterocycles. The van der Waals surface area contributed by atoms with Crippen molar-refractivity contribution < 1.29 is 19.8 Å². The Morgan fingerprint density at radius 3 is 2.23 bits per heavy atom. The van der Waals surface area contributed by atoms with Crippen molar-refractivity contribution in [2.45, 2.75) is 12.2 Å². The number of hydrogen-bond acceptors (Lipinski definition) is 5. The average Bonchev–Trinajstić information content (AvgIpc) is 2.11. The third kappa shape index (κ3) is 3.83. The van der Waals surface area contributed by atoms with E-state index in [1.165, 1.54) is 0 Å². The number of aliphatic hydroxyl groups excluding tert-OH is 2. The summed E-state index contributed by atoms with van der Waals surface area (Å²) in [5, 5.41) is 20.0. The van der Waals surface area contributed by atoms with Gasteiger partial charge in [-0.1, -0.05) is 0 Å². The first kappa shape index (κ1) is 11.8. The van der Waals surface area contributed by atoms with Crippen molar-refractivity contribution in [2.24, 2.45) is 11.5 Å². The van der Waals surface area contributed by atoms with E-state index in [4.69, 9.17) is 15.9 Å². The Labute approximate surface area is 74.7 Å². The van der Waals surface area contributed by atoms with Gasteiger partial charge in [0, 0.05) is 13.1 Å². The van der Waals surface area contributed by atoms with Gasteiger partial charge in [-0.05, 0) is 0 Å². The molecule has 7 nitrogen and oxygen atoms in total. The molecule has 76 valence electrons. The summed E-state index contributed by atoms with van der Waals surface area (Å²) in [6.07, 6.45) is -3.73. The molecule has 0 aromatic carbocycles. The quantitative estimate of drug-likeness (QED) is 0.304. The van der Waals surface area contributed by atoms with Crippen molar-refractivity contribution in [3.8, 4) is 0 Å². The van der Waals surface area contributed by atoms with E-state index in [1.807, 2.05) is 0 Å². The number of nitrogens with one attached hydrogen (secondary N) is 1. The monoisotopic (exact) mass is 191 g/mol. The van der Waals surface area contributed by atoms with Gasteiger partial charge in [-0.25, -0.2) is 0 Å². The van der Waals surface area contributed by atoms with Crippen LogP contribution in [0.25, 0.3) is 0 Å². The summed E-state index contributed by atoms with van der Waals surface area (Å²) < 4.78 is 0. The maximum Gasteiger partial charge on any atom is 0.252 e. The number of amides is 2. The van der Waals surface area contributed by atoms with Crippen LogP contribution >= 0.6 is 0 Å². The Hall–Kier alpha value is -1.18. The molecule has 0 heterocycles. The van der Waals surface area contributed by atoms with Crippen LogP contribution in [0.15, 0.2) is 0 Å². The summed E-state index contributed by atoms with van der Waals surface area (Å²) >= 11 is 0. The summed E-state index contributed by atoms with van der Waals surface area (Å²) in [6, 6.07) is 0. The summed E-state index contributed by atoms with van der Waals surface area (Å²) in [7, 11) is 0. The minimum absolute atomic E-state index is 0.154. The van der Waals surface area contributed by atoms with Gasteiger partial charge in [0.2, 0.25) is 5.91 Å². The second kappa shape index (κ2) is 5.46. The van der Waals surface area contributed by atoms with E-state index in [1.54, 1.807) is 0 Å². The molecule has 2 atom stereocenters. The number of nitrogens with two attached hydrogens (primary N) is 2. The lowest BCUT2D eigenvalue weighted by atomic mass is 10.2. The van der Waals surface area contributed by atoms with Crippen molar-refractivity contribution in [2.75, 3.05) is 13.1 Å². The lowest BCUT2D eigenvalue weighted by Crippen LogP contribution is -2.48.